The molecule has 2 amide bonds. The van der Waals surface area contributed by atoms with Gasteiger partial charge in [-0.1, -0.05) is 37.3 Å². The Morgan fingerprint density at radius 3 is 2.67 bits per heavy atom. The van der Waals surface area contributed by atoms with Crippen LogP contribution in [0, 0.1) is 5.92 Å². The van der Waals surface area contributed by atoms with Gasteiger partial charge in [-0.2, -0.15) is 0 Å². The predicted molar refractivity (Wildman–Crippen MR) is 109 cm³/mol. The van der Waals surface area contributed by atoms with Crippen molar-refractivity contribution >= 4 is 33.7 Å². The zero-order valence-electron chi connectivity index (χ0n) is 16.5. The molecule has 9 heteroatoms. The lowest BCUT2D eigenvalue weighted by molar-refractivity contribution is -0.217. The predicted octanol–water partition coefficient (Wildman–Crippen LogP) is 2.44. The van der Waals surface area contributed by atoms with Gasteiger partial charge in [-0.3, -0.25) is 9.59 Å². The van der Waals surface area contributed by atoms with E-state index in [1.807, 2.05) is 6.07 Å². The zero-order valence-corrected chi connectivity index (χ0v) is 18.1. The first-order valence-corrected chi connectivity index (χ1v) is 10.5. The molecule has 0 radical (unpaired) electrons. The van der Waals surface area contributed by atoms with Crippen LogP contribution in [-0.4, -0.2) is 58.0 Å². The molecule has 162 valence electrons. The van der Waals surface area contributed by atoms with E-state index in [4.69, 9.17) is 14.6 Å². The van der Waals surface area contributed by atoms with Crippen LogP contribution in [0.15, 0.2) is 40.9 Å². The molecule has 0 aromatic heterocycles. The Labute approximate surface area is 182 Å². The van der Waals surface area contributed by atoms with Gasteiger partial charge in [0.25, 0.3) is 0 Å². The monoisotopic (exact) mass is 481 g/mol. The number of halogens is 1. The van der Waals surface area contributed by atoms with E-state index < -0.39 is 41.6 Å². The lowest BCUT2D eigenvalue weighted by atomic mass is 9.93. The molecule has 2 aliphatic rings. The van der Waals surface area contributed by atoms with Crippen molar-refractivity contribution in [3.05, 3.63) is 46.5 Å². The number of nitrogens with zero attached hydrogens (tertiary/aromatic N) is 1. The average molecular weight is 482 g/mol. The summed E-state index contributed by atoms with van der Waals surface area (Å²) in [5.41, 5.74) is 0.739. The van der Waals surface area contributed by atoms with Gasteiger partial charge in [-0.15, -0.1) is 0 Å². The maximum atomic E-state index is 13.2. The lowest BCUT2D eigenvalue weighted by Gasteiger charge is -2.37. The third kappa shape index (κ3) is 4.49. The van der Waals surface area contributed by atoms with Crippen molar-refractivity contribution in [3.8, 4) is 0 Å². The van der Waals surface area contributed by atoms with Gasteiger partial charge < -0.3 is 19.7 Å². The molecule has 1 saturated heterocycles. The second-order valence-corrected chi connectivity index (χ2v) is 8.25. The zero-order chi connectivity index (χ0) is 21.9. The summed E-state index contributed by atoms with van der Waals surface area (Å²) in [4.78, 5) is 39.0. The van der Waals surface area contributed by atoms with Gasteiger partial charge in [0.2, 0.25) is 5.91 Å². The van der Waals surface area contributed by atoms with Crippen LogP contribution in [0.2, 0.25) is 0 Å². The van der Waals surface area contributed by atoms with Crippen LogP contribution in [0.5, 0.6) is 0 Å². The normalized spacial score (nSPS) is 27.6. The second kappa shape index (κ2) is 9.38. The number of hydrogen-bond acceptors (Lipinski definition) is 7. The number of amides is 2. The van der Waals surface area contributed by atoms with Crippen LogP contribution in [0.25, 0.3) is 0 Å². The third-order valence-corrected chi connectivity index (χ3v) is 6.16. The molecule has 0 saturated carbocycles. The summed E-state index contributed by atoms with van der Waals surface area (Å²) in [6.45, 7) is 1.48. The summed E-state index contributed by atoms with van der Waals surface area (Å²) in [5, 5.41) is 19.8. The highest BCUT2D eigenvalue weighted by atomic mass is 79.9. The van der Waals surface area contributed by atoms with E-state index in [2.05, 4.69) is 15.9 Å². The molecule has 8 nitrogen and oxygen atoms in total. The molecular weight excluding hydrogens is 458 g/mol. The molecule has 2 N–H and O–H groups in total. The molecular formula is C21H24BrNO7. The van der Waals surface area contributed by atoms with Crippen molar-refractivity contribution in [1.82, 2.24) is 4.90 Å². The van der Waals surface area contributed by atoms with E-state index in [1.54, 1.807) is 24.3 Å². The number of imide groups is 1. The largest absolute Gasteiger partial charge is 0.446 e. The van der Waals surface area contributed by atoms with Gasteiger partial charge in [0, 0.05) is 13.0 Å². The number of rotatable bonds is 7. The van der Waals surface area contributed by atoms with Gasteiger partial charge >= 0.3 is 6.09 Å². The van der Waals surface area contributed by atoms with Crippen LogP contribution < -0.4 is 0 Å². The molecule has 1 aromatic rings. The highest BCUT2D eigenvalue weighted by molar-refractivity contribution is 9.11. The number of benzene rings is 1. The Morgan fingerprint density at radius 2 is 2.00 bits per heavy atom. The topological polar surface area (TPSA) is 113 Å². The molecule has 1 aromatic carbocycles. The summed E-state index contributed by atoms with van der Waals surface area (Å²) in [6.07, 6.45) is 0.203. The SMILES string of the molecule is C[C@@H](C(=O)N1C(=O)OC[C@H]1c1ccccc1)[C@@H]1O[C@@](O)(CCCCO)C(Br)=CC1=O. The molecule has 0 spiro atoms. The fourth-order valence-corrected chi connectivity index (χ4v) is 4.10. The highest BCUT2D eigenvalue weighted by Crippen LogP contribution is 2.38. The maximum Gasteiger partial charge on any atom is 0.417 e. The minimum Gasteiger partial charge on any atom is -0.446 e. The van der Waals surface area contributed by atoms with Crippen LogP contribution in [0.4, 0.5) is 4.79 Å². The molecule has 1 fully saturated rings. The summed E-state index contributed by atoms with van der Waals surface area (Å²) in [7, 11) is 0. The van der Waals surface area contributed by atoms with E-state index >= 15 is 0 Å². The summed E-state index contributed by atoms with van der Waals surface area (Å²) in [5.74, 6) is -3.92. The average Bonchev–Trinajstić information content (AvgIpc) is 3.12. The first-order chi connectivity index (χ1) is 14.3. The van der Waals surface area contributed by atoms with Crippen LogP contribution in [0.1, 0.15) is 37.8 Å². The van der Waals surface area contributed by atoms with Gasteiger partial charge in [-0.25, -0.2) is 9.69 Å². The quantitative estimate of drug-likeness (QED) is 0.574. The smallest absolute Gasteiger partial charge is 0.417 e. The van der Waals surface area contributed by atoms with Crippen LogP contribution in [-0.2, 0) is 19.1 Å². The molecule has 4 atom stereocenters. The Hall–Kier alpha value is -2.07. The highest BCUT2D eigenvalue weighted by Gasteiger charge is 2.48. The Bertz CT molecular complexity index is 843. The molecule has 2 aliphatic heterocycles. The maximum absolute atomic E-state index is 13.2. The van der Waals surface area contributed by atoms with Gasteiger partial charge in [0.15, 0.2) is 11.6 Å². The number of ketones is 1. The standard InChI is InChI=1S/C21H24BrNO7/c1-13(18-16(25)11-17(22)21(28,30-18)9-5-6-10-24)19(26)23-15(12-29-20(23)27)14-7-3-2-4-8-14/h2-4,7-8,11,13,15,18,24,28H,5-6,9-10,12H2,1H3/t13-,15+,18+,21+/m1/s1. The Kier molecular flexibility index (Phi) is 7.07. The van der Waals surface area contributed by atoms with E-state index in [0.717, 1.165) is 10.5 Å². The second-order valence-electron chi connectivity index (χ2n) is 7.40. The number of ether oxygens (including phenoxy) is 2. The summed E-state index contributed by atoms with van der Waals surface area (Å²) >= 11 is 3.17. The fourth-order valence-electron chi connectivity index (χ4n) is 3.58. The van der Waals surface area contributed by atoms with Crippen molar-refractivity contribution in [2.24, 2.45) is 5.92 Å². The molecule has 3 rings (SSSR count). The number of carbonyl (C=O) groups excluding carboxylic acids is 3. The molecule has 0 bridgehead atoms. The van der Waals surface area contributed by atoms with Crippen molar-refractivity contribution in [2.45, 2.75) is 44.1 Å². The van der Waals surface area contributed by atoms with Crippen molar-refractivity contribution in [1.29, 1.82) is 0 Å². The first kappa shape index (κ1) is 22.6. The van der Waals surface area contributed by atoms with Gasteiger partial charge in [0.1, 0.15) is 18.8 Å². The minimum absolute atomic E-state index is 0.0251. The van der Waals surface area contributed by atoms with Crippen molar-refractivity contribution in [2.75, 3.05) is 13.2 Å². The van der Waals surface area contributed by atoms with Crippen LogP contribution >= 0.6 is 15.9 Å². The van der Waals surface area contributed by atoms with Gasteiger partial charge in [-0.05, 0) is 40.4 Å². The number of cyclic esters (lactones) is 1. The molecule has 0 unspecified atom stereocenters. The van der Waals surface area contributed by atoms with E-state index in [1.165, 1.54) is 13.0 Å². The molecule has 2 heterocycles. The number of unbranched alkanes of at least 4 members (excludes halogenated alkanes) is 1. The van der Waals surface area contributed by atoms with E-state index in [9.17, 15) is 19.5 Å². The van der Waals surface area contributed by atoms with Crippen LogP contribution in [0.3, 0.4) is 0 Å². The number of carbonyl (C=O) groups is 3. The van der Waals surface area contributed by atoms with Gasteiger partial charge in [0.05, 0.1) is 10.4 Å². The van der Waals surface area contributed by atoms with E-state index in [0.29, 0.717) is 12.8 Å². The molecule has 30 heavy (non-hydrogen) atoms. The fraction of sp³-hybridized carbons (Fsp3) is 0.476. The minimum atomic E-state index is -1.79. The first-order valence-electron chi connectivity index (χ1n) is 9.76. The van der Waals surface area contributed by atoms with Crippen molar-refractivity contribution in [3.63, 3.8) is 0 Å². The lowest BCUT2D eigenvalue weighted by Crippen LogP contribution is -2.51. The Balaban J connectivity index is 1.80. The molecule has 0 aliphatic carbocycles. The summed E-state index contributed by atoms with van der Waals surface area (Å²) in [6, 6.07) is 8.41. The van der Waals surface area contributed by atoms with Crippen molar-refractivity contribution < 1.29 is 34.1 Å². The number of aliphatic hydroxyl groups is 2. The number of aliphatic hydroxyl groups excluding tert-OH is 1. The Morgan fingerprint density at radius 1 is 1.30 bits per heavy atom. The third-order valence-electron chi connectivity index (χ3n) is 5.31. The van der Waals surface area contributed by atoms with E-state index in [-0.39, 0.29) is 24.1 Å². The summed E-state index contributed by atoms with van der Waals surface area (Å²) < 4.78 is 10.9. The number of hydrogen-bond donors (Lipinski definition) is 2.